The van der Waals surface area contributed by atoms with Gasteiger partial charge in [-0.05, 0) is 44.9 Å². The van der Waals surface area contributed by atoms with E-state index in [-0.39, 0.29) is 11.1 Å². The Labute approximate surface area is 168 Å². The van der Waals surface area contributed by atoms with E-state index in [1.807, 2.05) is 0 Å². The molecular formula is C19H23N3O7. The molecule has 0 aliphatic rings. The number of carbonyl (C=O) groups excluding carboxylic acids is 2. The lowest BCUT2D eigenvalue weighted by molar-refractivity contribution is -0.385. The van der Waals surface area contributed by atoms with E-state index in [1.165, 1.54) is 4.90 Å². The largest absolute Gasteiger partial charge is 0.514 e. The molecule has 0 spiro atoms. The van der Waals surface area contributed by atoms with Crippen LogP contribution in [0.1, 0.15) is 39.7 Å². The number of nitro benzene ring substituents is 1. The molecule has 1 aromatic rings. The van der Waals surface area contributed by atoms with Gasteiger partial charge in [0, 0.05) is 19.2 Å². The Kier molecular flexibility index (Phi) is 8.61. The fourth-order valence-electron chi connectivity index (χ4n) is 2.27. The lowest BCUT2D eigenvalue weighted by atomic mass is 10.1. The molecule has 1 unspecified atom stereocenters. The third kappa shape index (κ3) is 6.21. The molecule has 1 amide bonds. The topological polar surface area (TPSA) is 143 Å². The van der Waals surface area contributed by atoms with Gasteiger partial charge in [-0.1, -0.05) is 6.92 Å². The number of likely N-dealkylation sites (N-methyl/N-ethyl adjacent to an activating group) is 1. The van der Waals surface area contributed by atoms with Gasteiger partial charge in [0.05, 0.1) is 4.92 Å². The Balaban J connectivity index is 3.39. The molecule has 0 saturated heterocycles. The highest BCUT2D eigenvalue weighted by Gasteiger charge is 2.24. The minimum Gasteiger partial charge on any atom is -0.499 e. The summed E-state index contributed by atoms with van der Waals surface area (Å²) in [5, 5.41) is 30.6. The smallest absolute Gasteiger partial charge is 0.499 e. The Morgan fingerprint density at radius 1 is 1.34 bits per heavy atom. The van der Waals surface area contributed by atoms with Crippen LogP contribution < -0.4 is 4.74 Å². The zero-order valence-corrected chi connectivity index (χ0v) is 16.7. The number of amides is 1. The molecular weight excluding hydrogens is 382 g/mol. The Morgan fingerprint density at radius 3 is 2.45 bits per heavy atom. The minimum atomic E-state index is -1.15. The number of hydrogen-bond donors (Lipinski definition) is 1. The molecule has 1 rings (SSSR count). The highest BCUT2D eigenvalue weighted by Crippen LogP contribution is 2.38. The van der Waals surface area contributed by atoms with Crippen molar-refractivity contribution in [2.24, 2.45) is 0 Å². The van der Waals surface area contributed by atoms with Gasteiger partial charge >= 0.3 is 11.8 Å². The summed E-state index contributed by atoms with van der Waals surface area (Å²) in [5.74, 6) is -1.94. The summed E-state index contributed by atoms with van der Waals surface area (Å²) in [6.45, 7) is 7.65. The minimum absolute atomic E-state index is 0.0258. The predicted octanol–water partition coefficient (Wildman–Crippen LogP) is 3.39. The normalized spacial score (nSPS) is 11.9. The fourth-order valence-corrected chi connectivity index (χ4v) is 2.27. The standard InChI is InChI=1S/C19H23N3O7/c1-5-12(4)28-19(25)29-16-10-13(9-15(17(16)23)22(26)27)8-14(11-20)18(24)21(6-2)7-3/h8-10,12,23H,5-7H2,1-4H3. The van der Waals surface area contributed by atoms with E-state index < -0.39 is 40.3 Å². The zero-order valence-electron chi connectivity index (χ0n) is 16.7. The highest BCUT2D eigenvalue weighted by molar-refractivity contribution is 6.01. The number of nitro groups is 1. The first-order valence-electron chi connectivity index (χ1n) is 8.99. The maximum atomic E-state index is 12.4. The molecule has 0 bridgehead atoms. The van der Waals surface area contributed by atoms with Crippen LogP contribution in [-0.4, -0.2) is 46.2 Å². The van der Waals surface area contributed by atoms with Crippen LogP contribution in [0.15, 0.2) is 17.7 Å². The summed E-state index contributed by atoms with van der Waals surface area (Å²) in [7, 11) is 0. The van der Waals surface area contributed by atoms with Crippen molar-refractivity contribution in [1.29, 1.82) is 5.26 Å². The summed E-state index contributed by atoms with van der Waals surface area (Å²) in [6.07, 6.45) is 0.0348. The molecule has 0 aliphatic heterocycles. The number of phenolic OH excluding ortho intramolecular Hbond substituents is 1. The van der Waals surface area contributed by atoms with Gasteiger partial charge < -0.3 is 19.5 Å². The van der Waals surface area contributed by atoms with Crippen LogP contribution >= 0.6 is 0 Å². The molecule has 29 heavy (non-hydrogen) atoms. The van der Waals surface area contributed by atoms with Gasteiger partial charge in [0.2, 0.25) is 5.75 Å². The van der Waals surface area contributed by atoms with Gasteiger partial charge in [0.15, 0.2) is 5.75 Å². The summed E-state index contributed by atoms with van der Waals surface area (Å²) in [6, 6.07) is 3.83. The van der Waals surface area contributed by atoms with Crippen molar-refractivity contribution in [3.63, 3.8) is 0 Å². The summed E-state index contributed by atoms with van der Waals surface area (Å²) in [4.78, 5) is 36.0. The molecule has 0 radical (unpaired) electrons. The SMILES string of the molecule is CCC(C)OC(=O)Oc1cc(C=C(C#N)C(=O)N(CC)CC)cc([N+](=O)[O-])c1O. The summed E-state index contributed by atoms with van der Waals surface area (Å²) in [5.41, 5.74) is -0.989. The van der Waals surface area contributed by atoms with Gasteiger partial charge in [-0.2, -0.15) is 5.26 Å². The van der Waals surface area contributed by atoms with Crippen molar-refractivity contribution >= 4 is 23.8 Å². The summed E-state index contributed by atoms with van der Waals surface area (Å²) >= 11 is 0. The maximum absolute atomic E-state index is 12.4. The number of hydrogen-bond acceptors (Lipinski definition) is 8. The maximum Gasteiger partial charge on any atom is 0.514 e. The quantitative estimate of drug-likeness (QED) is 0.173. The molecule has 0 fully saturated rings. The first-order valence-corrected chi connectivity index (χ1v) is 8.99. The van der Waals surface area contributed by atoms with E-state index in [2.05, 4.69) is 0 Å². The number of nitrogens with zero attached hydrogens (tertiary/aromatic N) is 3. The number of benzene rings is 1. The number of nitriles is 1. The Hall–Kier alpha value is -3.61. The van der Waals surface area contributed by atoms with Crippen LogP contribution in [0.2, 0.25) is 0 Å². The molecule has 0 heterocycles. The van der Waals surface area contributed by atoms with Crippen molar-refractivity contribution in [2.75, 3.05) is 13.1 Å². The number of rotatable bonds is 8. The van der Waals surface area contributed by atoms with E-state index >= 15 is 0 Å². The monoisotopic (exact) mass is 405 g/mol. The fraction of sp³-hybridized carbons (Fsp3) is 0.421. The second-order valence-electron chi connectivity index (χ2n) is 5.98. The Morgan fingerprint density at radius 2 is 1.97 bits per heavy atom. The molecule has 156 valence electrons. The molecule has 0 aromatic heterocycles. The van der Waals surface area contributed by atoms with Crippen molar-refractivity contribution in [2.45, 2.75) is 40.2 Å². The van der Waals surface area contributed by atoms with E-state index in [1.54, 1.807) is 33.8 Å². The van der Waals surface area contributed by atoms with Crippen molar-refractivity contribution in [3.8, 4) is 17.6 Å². The van der Waals surface area contributed by atoms with E-state index in [9.17, 15) is 30.1 Å². The van der Waals surface area contributed by atoms with Crippen LogP contribution in [0.5, 0.6) is 11.5 Å². The first kappa shape index (κ1) is 23.4. The molecule has 10 nitrogen and oxygen atoms in total. The molecule has 10 heteroatoms. The first-order chi connectivity index (χ1) is 13.7. The number of phenols is 1. The average Bonchev–Trinajstić information content (AvgIpc) is 2.68. The number of carbonyl (C=O) groups is 2. The van der Waals surface area contributed by atoms with Crippen molar-refractivity contribution in [3.05, 3.63) is 33.4 Å². The van der Waals surface area contributed by atoms with E-state index in [0.717, 1.165) is 18.2 Å². The van der Waals surface area contributed by atoms with Gasteiger partial charge in [0.25, 0.3) is 5.91 Å². The average molecular weight is 405 g/mol. The zero-order chi connectivity index (χ0) is 22.1. The number of aromatic hydroxyl groups is 1. The predicted molar refractivity (Wildman–Crippen MR) is 103 cm³/mol. The van der Waals surface area contributed by atoms with E-state index in [0.29, 0.717) is 19.5 Å². The third-order valence-electron chi connectivity index (χ3n) is 4.05. The van der Waals surface area contributed by atoms with E-state index in [4.69, 9.17) is 9.47 Å². The van der Waals surface area contributed by atoms with Gasteiger partial charge in [0.1, 0.15) is 17.7 Å². The lowest BCUT2D eigenvalue weighted by Gasteiger charge is -2.17. The van der Waals surface area contributed by atoms with Crippen LogP contribution in [0.4, 0.5) is 10.5 Å². The van der Waals surface area contributed by atoms with Gasteiger partial charge in [-0.3, -0.25) is 14.9 Å². The van der Waals surface area contributed by atoms with Crippen LogP contribution in [0, 0.1) is 21.4 Å². The molecule has 0 saturated carbocycles. The number of ether oxygens (including phenoxy) is 2. The third-order valence-corrected chi connectivity index (χ3v) is 4.05. The second kappa shape index (κ2) is 10.7. The van der Waals surface area contributed by atoms with Crippen molar-refractivity contribution < 1.29 is 29.1 Å². The van der Waals surface area contributed by atoms with Crippen LogP contribution in [0.25, 0.3) is 6.08 Å². The Bertz CT molecular complexity index is 854. The van der Waals surface area contributed by atoms with Crippen LogP contribution in [-0.2, 0) is 9.53 Å². The van der Waals surface area contributed by atoms with Gasteiger partial charge in [-0.15, -0.1) is 0 Å². The molecule has 0 aliphatic carbocycles. The summed E-state index contributed by atoms with van der Waals surface area (Å²) < 4.78 is 9.82. The van der Waals surface area contributed by atoms with Gasteiger partial charge in [-0.25, -0.2) is 4.79 Å². The lowest BCUT2D eigenvalue weighted by Crippen LogP contribution is -2.31. The second-order valence-corrected chi connectivity index (χ2v) is 5.98. The molecule has 1 atom stereocenters. The highest BCUT2D eigenvalue weighted by atomic mass is 16.7. The van der Waals surface area contributed by atoms with Crippen LogP contribution in [0.3, 0.4) is 0 Å². The molecule has 1 aromatic carbocycles. The van der Waals surface area contributed by atoms with Crippen molar-refractivity contribution in [1.82, 2.24) is 4.90 Å². The molecule has 1 N–H and O–H groups in total.